The summed E-state index contributed by atoms with van der Waals surface area (Å²) in [7, 11) is 0. The van der Waals surface area contributed by atoms with Crippen LogP contribution in [0.1, 0.15) is 10.4 Å². The van der Waals surface area contributed by atoms with Crippen molar-refractivity contribution in [2.75, 3.05) is 0 Å². The molecule has 1 aromatic carbocycles. The largest absolute Gasteiger partial charge is 0.276 e. The zero-order chi connectivity index (χ0) is 8.55. The first-order valence-electron chi connectivity index (χ1n) is 3.46. The number of aromatic amines is 2. The molecule has 0 saturated heterocycles. The Morgan fingerprint density at radius 2 is 2.33 bits per heavy atom. The first-order valence-corrected chi connectivity index (χ1v) is 3.84. The molecule has 0 fully saturated rings. The molecule has 3 nitrogen and oxygen atoms in total. The predicted molar refractivity (Wildman–Crippen MR) is 45.0 cm³/mol. The van der Waals surface area contributed by atoms with Gasteiger partial charge in [0.25, 0.3) is 5.24 Å². The van der Waals surface area contributed by atoms with Gasteiger partial charge in [0, 0.05) is 11.6 Å². The molecule has 1 aromatic heterocycles. The number of hydrogen-bond acceptors (Lipinski definition) is 1. The van der Waals surface area contributed by atoms with Gasteiger partial charge in [-0.1, -0.05) is 0 Å². The van der Waals surface area contributed by atoms with E-state index in [0.29, 0.717) is 5.56 Å². The van der Waals surface area contributed by atoms with E-state index in [2.05, 4.69) is 9.97 Å². The van der Waals surface area contributed by atoms with E-state index in [4.69, 9.17) is 11.6 Å². The molecule has 0 radical (unpaired) electrons. The minimum Gasteiger partial charge on any atom is -0.276 e. The summed E-state index contributed by atoms with van der Waals surface area (Å²) in [5.74, 6) is 0. The van der Waals surface area contributed by atoms with Gasteiger partial charge in [0.1, 0.15) is 0 Å². The molecule has 0 spiro atoms. The van der Waals surface area contributed by atoms with Crippen LogP contribution in [0.4, 0.5) is 0 Å². The molecule has 2 rings (SSSR count). The molecule has 2 N–H and O–H groups in total. The average molecular weight is 182 g/mol. The van der Waals surface area contributed by atoms with Crippen molar-refractivity contribution in [2.24, 2.45) is 0 Å². The number of halogens is 1. The van der Waals surface area contributed by atoms with Crippen molar-refractivity contribution in [3.05, 3.63) is 30.1 Å². The van der Waals surface area contributed by atoms with Gasteiger partial charge in [-0.05, 0) is 23.7 Å². The van der Waals surface area contributed by atoms with Crippen LogP contribution in [0.15, 0.2) is 24.5 Å². The van der Waals surface area contributed by atoms with Gasteiger partial charge < -0.3 is 0 Å². The summed E-state index contributed by atoms with van der Waals surface area (Å²) in [6, 6.07) is 5.20. The molecular formula is C8H6ClN2O+. The molecule has 0 amide bonds. The molecule has 0 aliphatic heterocycles. The van der Waals surface area contributed by atoms with Gasteiger partial charge in [-0.2, -0.15) is 0 Å². The highest BCUT2D eigenvalue weighted by atomic mass is 35.5. The Morgan fingerprint density at radius 3 is 3.08 bits per heavy atom. The van der Waals surface area contributed by atoms with Crippen molar-refractivity contribution in [1.29, 1.82) is 0 Å². The van der Waals surface area contributed by atoms with Crippen molar-refractivity contribution in [1.82, 2.24) is 4.98 Å². The maximum atomic E-state index is 10.8. The van der Waals surface area contributed by atoms with E-state index in [1.165, 1.54) is 0 Å². The van der Waals surface area contributed by atoms with Gasteiger partial charge in [0.05, 0.1) is 0 Å². The van der Waals surface area contributed by atoms with Gasteiger partial charge in [-0.3, -0.25) is 4.79 Å². The van der Waals surface area contributed by atoms with Crippen LogP contribution in [0, 0.1) is 0 Å². The van der Waals surface area contributed by atoms with E-state index in [0.717, 1.165) is 11.0 Å². The third-order valence-electron chi connectivity index (χ3n) is 1.70. The summed E-state index contributed by atoms with van der Waals surface area (Å²) in [6.07, 6.45) is 1.70. The summed E-state index contributed by atoms with van der Waals surface area (Å²) in [5.41, 5.74) is 2.33. The molecule has 1 heterocycles. The van der Waals surface area contributed by atoms with Crippen molar-refractivity contribution in [3.8, 4) is 0 Å². The SMILES string of the molecule is O=C(Cl)c1ccc2[nH+]c[nH]c2c1. The van der Waals surface area contributed by atoms with E-state index < -0.39 is 5.24 Å². The maximum absolute atomic E-state index is 10.8. The quantitative estimate of drug-likeness (QED) is 0.664. The molecule has 0 aliphatic carbocycles. The van der Waals surface area contributed by atoms with Crippen LogP contribution in [-0.4, -0.2) is 10.2 Å². The van der Waals surface area contributed by atoms with Crippen LogP contribution in [0.2, 0.25) is 0 Å². The Hall–Kier alpha value is -1.35. The van der Waals surface area contributed by atoms with E-state index in [9.17, 15) is 4.79 Å². The van der Waals surface area contributed by atoms with Crippen molar-refractivity contribution >= 4 is 27.9 Å². The maximum Gasteiger partial charge on any atom is 0.252 e. The lowest BCUT2D eigenvalue weighted by molar-refractivity contribution is -0.344. The predicted octanol–water partition coefficient (Wildman–Crippen LogP) is 1.36. The highest BCUT2D eigenvalue weighted by Gasteiger charge is 2.06. The lowest BCUT2D eigenvalue weighted by Gasteiger charge is -1.89. The highest BCUT2D eigenvalue weighted by molar-refractivity contribution is 6.67. The standard InChI is InChI=1S/C8H5ClN2O/c9-8(12)5-1-2-6-7(3-5)11-4-10-6/h1-4H,(H,10,11)/p+1. The molecule has 0 aliphatic rings. The Morgan fingerprint density at radius 1 is 1.50 bits per heavy atom. The number of hydrogen-bond donors (Lipinski definition) is 1. The molecule has 0 bridgehead atoms. The van der Waals surface area contributed by atoms with Gasteiger partial charge in [0.2, 0.25) is 6.33 Å². The Kier molecular flexibility index (Phi) is 1.59. The fourth-order valence-corrected chi connectivity index (χ4v) is 1.22. The molecule has 0 saturated carbocycles. The molecule has 2 aromatic rings. The van der Waals surface area contributed by atoms with Crippen LogP contribution in [0.25, 0.3) is 11.0 Å². The topological polar surface area (TPSA) is 47.0 Å². The average Bonchev–Trinajstić information content (AvgIpc) is 2.49. The molecule has 60 valence electrons. The minimum atomic E-state index is -0.438. The smallest absolute Gasteiger partial charge is 0.252 e. The van der Waals surface area contributed by atoms with Crippen molar-refractivity contribution in [2.45, 2.75) is 0 Å². The molecule has 12 heavy (non-hydrogen) atoms. The molecule has 0 atom stereocenters. The molecule has 0 unspecified atom stereocenters. The fraction of sp³-hybridized carbons (Fsp3) is 0. The third kappa shape index (κ3) is 1.08. The molecular weight excluding hydrogens is 176 g/mol. The zero-order valence-corrected chi connectivity index (χ0v) is 6.85. The number of H-pyrrole nitrogens is 2. The third-order valence-corrected chi connectivity index (χ3v) is 1.92. The van der Waals surface area contributed by atoms with E-state index >= 15 is 0 Å². The number of imidazole rings is 1. The molecule has 4 heteroatoms. The lowest BCUT2D eigenvalue weighted by atomic mass is 10.2. The number of carbonyl (C=O) groups excluding carboxylic acids is 1. The normalized spacial score (nSPS) is 10.4. The Balaban J connectivity index is 2.68. The van der Waals surface area contributed by atoms with E-state index in [1.54, 1.807) is 24.5 Å². The second kappa shape index (κ2) is 2.60. The lowest BCUT2D eigenvalue weighted by Crippen LogP contribution is -1.94. The van der Waals surface area contributed by atoms with Crippen LogP contribution in [-0.2, 0) is 0 Å². The first kappa shape index (κ1) is 7.31. The summed E-state index contributed by atoms with van der Waals surface area (Å²) in [5, 5.41) is -0.438. The summed E-state index contributed by atoms with van der Waals surface area (Å²) < 4.78 is 0. The summed E-state index contributed by atoms with van der Waals surface area (Å²) in [4.78, 5) is 16.7. The highest BCUT2D eigenvalue weighted by Crippen LogP contribution is 2.10. The van der Waals surface area contributed by atoms with Crippen molar-refractivity contribution < 1.29 is 9.78 Å². The monoisotopic (exact) mass is 181 g/mol. The van der Waals surface area contributed by atoms with Crippen LogP contribution >= 0.6 is 11.6 Å². The Bertz CT molecular complexity index is 435. The summed E-state index contributed by atoms with van der Waals surface area (Å²) in [6.45, 7) is 0. The fourth-order valence-electron chi connectivity index (χ4n) is 1.10. The number of benzene rings is 1. The number of rotatable bonds is 1. The van der Waals surface area contributed by atoms with Crippen LogP contribution < -0.4 is 4.98 Å². The first-order chi connectivity index (χ1) is 5.77. The number of aromatic nitrogens is 2. The van der Waals surface area contributed by atoms with Gasteiger partial charge >= 0.3 is 0 Å². The van der Waals surface area contributed by atoms with Crippen molar-refractivity contribution in [3.63, 3.8) is 0 Å². The summed E-state index contributed by atoms with van der Waals surface area (Å²) >= 11 is 5.31. The second-order valence-corrected chi connectivity index (χ2v) is 2.81. The zero-order valence-electron chi connectivity index (χ0n) is 6.10. The van der Waals surface area contributed by atoms with Gasteiger partial charge in [0.15, 0.2) is 11.0 Å². The Labute approximate surface area is 73.4 Å². The van der Waals surface area contributed by atoms with Gasteiger partial charge in [-0.15, -0.1) is 0 Å². The van der Waals surface area contributed by atoms with E-state index in [-0.39, 0.29) is 0 Å². The second-order valence-electron chi connectivity index (χ2n) is 2.47. The minimum absolute atomic E-state index is 0.438. The number of carbonyl (C=O) groups is 1. The van der Waals surface area contributed by atoms with Gasteiger partial charge in [-0.25, -0.2) is 9.97 Å². The van der Waals surface area contributed by atoms with E-state index in [1.807, 2.05) is 0 Å². The van der Waals surface area contributed by atoms with Crippen LogP contribution in [0.5, 0.6) is 0 Å². The van der Waals surface area contributed by atoms with Crippen LogP contribution in [0.3, 0.4) is 0 Å². The number of nitrogens with one attached hydrogen (secondary N) is 2. The number of fused-ring (bicyclic) bond motifs is 1.